The zero-order chi connectivity index (χ0) is 19.1. The molecule has 0 aliphatic heterocycles. The molecule has 0 amide bonds. The number of rotatable bonds is 3. The first-order valence-electron chi connectivity index (χ1n) is 8.26. The fourth-order valence-corrected chi connectivity index (χ4v) is 2.33. The number of anilines is 1. The summed E-state index contributed by atoms with van der Waals surface area (Å²) in [6.45, 7) is 1.36. The average Bonchev–Trinajstić information content (AvgIpc) is 2.63. The van der Waals surface area contributed by atoms with Gasteiger partial charge in [0, 0.05) is 23.9 Å². The summed E-state index contributed by atoms with van der Waals surface area (Å²) in [6, 6.07) is 17.6. The van der Waals surface area contributed by atoms with Gasteiger partial charge >= 0.3 is 0 Å². The Balaban J connectivity index is 0.000000352. The third-order valence-electron chi connectivity index (χ3n) is 3.84. The van der Waals surface area contributed by atoms with E-state index in [4.69, 9.17) is 11.5 Å². The third-order valence-corrected chi connectivity index (χ3v) is 3.84. The van der Waals surface area contributed by atoms with Gasteiger partial charge in [-0.1, -0.05) is 36.4 Å². The van der Waals surface area contributed by atoms with E-state index in [0.717, 1.165) is 11.3 Å². The van der Waals surface area contributed by atoms with Gasteiger partial charge in [-0.05, 0) is 36.2 Å². The Morgan fingerprint density at radius 2 is 1.69 bits per heavy atom. The van der Waals surface area contributed by atoms with E-state index in [0.29, 0.717) is 0 Å². The lowest BCUT2D eigenvalue weighted by atomic mass is 10.1. The number of aromatic nitrogens is 1. The molecule has 26 heavy (non-hydrogen) atoms. The molecule has 5 nitrogen and oxygen atoms in total. The van der Waals surface area contributed by atoms with Gasteiger partial charge in [0.1, 0.15) is 7.05 Å². The van der Waals surface area contributed by atoms with Crippen molar-refractivity contribution < 1.29 is 14.5 Å². The molecule has 3 aromatic rings. The summed E-state index contributed by atoms with van der Waals surface area (Å²) in [5.41, 5.74) is 14.9. The van der Waals surface area contributed by atoms with Gasteiger partial charge in [-0.3, -0.25) is 0 Å². The normalized spacial score (nSPS) is 11.8. The predicted octanol–water partition coefficient (Wildman–Crippen LogP) is 1.50. The number of carbonyl (C=O) groups excluding carboxylic acids is 1. The first-order valence-corrected chi connectivity index (χ1v) is 8.26. The highest BCUT2D eigenvalue weighted by Crippen LogP contribution is 2.18. The molecule has 1 aromatic heterocycles. The molecule has 2 aromatic carbocycles. The van der Waals surface area contributed by atoms with E-state index in [1.54, 1.807) is 0 Å². The number of pyridine rings is 1. The third kappa shape index (κ3) is 5.16. The minimum Gasteiger partial charge on any atom is -0.548 e. The molecule has 0 saturated carbocycles. The number of nitrogen functional groups attached to an aromatic ring is 1. The molecule has 0 aliphatic rings. The molecule has 3 rings (SSSR count). The van der Waals surface area contributed by atoms with E-state index >= 15 is 0 Å². The van der Waals surface area contributed by atoms with Crippen LogP contribution in [0, 0.1) is 0 Å². The molecule has 0 unspecified atom stereocenters. The number of hydrogen-bond acceptors (Lipinski definition) is 4. The second-order valence-corrected chi connectivity index (χ2v) is 6.01. The van der Waals surface area contributed by atoms with E-state index in [1.807, 2.05) is 24.3 Å². The first kappa shape index (κ1) is 19.1. The smallest absolute Gasteiger partial charge is 0.212 e. The lowest BCUT2D eigenvalue weighted by molar-refractivity contribution is -0.644. The molecule has 0 radical (unpaired) electrons. The number of carboxylic acid groups (broad SMARTS) is 1. The number of para-hydroxylation sites is 1. The van der Waals surface area contributed by atoms with Crippen molar-refractivity contribution in [3.05, 3.63) is 71.9 Å². The van der Waals surface area contributed by atoms with Crippen LogP contribution < -0.4 is 21.1 Å². The van der Waals surface area contributed by atoms with Crippen LogP contribution in [0.2, 0.25) is 0 Å². The molecule has 0 aliphatic carbocycles. The minimum absolute atomic E-state index is 0.791. The quantitative estimate of drug-likeness (QED) is 0.553. The zero-order valence-electron chi connectivity index (χ0n) is 14.9. The number of aryl methyl sites for hydroxylation is 1. The lowest BCUT2D eigenvalue weighted by Crippen LogP contribution is -2.39. The molecule has 0 spiro atoms. The number of fused-ring (bicyclic) bond motifs is 1. The Labute approximate surface area is 153 Å². The van der Waals surface area contributed by atoms with Gasteiger partial charge in [-0.25, -0.2) is 4.57 Å². The molecule has 0 saturated heterocycles. The maximum absolute atomic E-state index is 9.46. The van der Waals surface area contributed by atoms with Gasteiger partial charge < -0.3 is 21.4 Å². The van der Waals surface area contributed by atoms with Crippen molar-refractivity contribution in [2.24, 2.45) is 12.8 Å². The highest BCUT2D eigenvalue weighted by molar-refractivity contribution is 5.88. The van der Waals surface area contributed by atoms with E-state index in [9.17, 15) is 9.90 Å². The van der Waals surface area contributed by atoms with Gasteiger partial charge in [-0.2, -0.15) is 0 Å². The van der Waals surface area contributed by atoms with Gasteiger partial charge in [-0.15, -0.1) is 0 Å². The molecule has 134 valence electrons. The van der Waals surface area contributed by atoms with Crippen LogP contribution in [0.5, 0.6) is 0 Å². The molecule has 1 heterocycles. The summed E-state index contributed by atoms with van der Waals surface area (Å²) in [6.07, 6.45) is 6.35. The van der Waals surface area contributed by atoms with Crippen LogP contribution in [0.15, 0.2) is 60.8 Å². The van der Waals surface area contributed by atoms with Crippen molar-refractivity contribution in [2.75, 3.05) is 5.73 Å². The van der Waals surface area contributed by atoms with Crippen LogP contribution in [0.1, 0.15) is 18.1 Å². The average molecular weight is 349 g/mol. The van der Waals surface area contributed by atoms with Crippen molar-refractivity contribution in [1.29, 1.82) is 0 Å². The predicted molar refractivity (Wildman–Crippen MR) is 104 cm³/mol. The van der Waals surface area contributed by atoms with Gasteiger partial charge in [0.15, 0.2) is 6.20 Å². The van der Waals surface area contributed by atoms with Crippen molar-refractivity contribution in [1.82, 2.24) is 0 Å². The fourth-order valence-electron chi connectivity index (χ4n) is 2.33. The summed E-state index contributed by atoms with van der Waals surface area (Å²) < 4.78 is 2.13. The second kappa shape index (κ2) is 8.78. The number of benzene rings is 2. The Morgan fingerprint density at radius 3 is 2.31 bits per heavy atom. The fraction of sp³-hybridized carbons (Fsp3) is 0.143. The molecule has 1 atom stereocenters. The number of nitrogens with two attached hydrogens (primary N) is 2. The van der Waals surface area contributed by atoms with E-state index in [-0.39, 0.29) is 0 Å². The summed E-state index contributed by atoms with van der Waals surface area (Å²) in [4.78, 5) is 9.46. The summed E-state index contributed by atoms with van der Waals surface area (Å²) in [7, 11) is 2.07. The maximum Gasteiger partial charge on any atom is 0.212 e. The van der Waals surface area contributed by atoms with Crippen molar-refractivity contribution in [3.63, 3.8) is 0 Å². The number of carboxylic acids is 1. The molecular weight excluding hydrogens is 326 g/mol. The lowest BCUT2D eigenvalue weighted by Gasteiger charge is -2.01. The van der Waals surface area contributed by atoms with Gasteiger partial charge in [0.2, 0.25) is 5.52 Å². The number of carbonyl (C=O) groups is 1. The summed E-state index contributed by atoms with van der Waals surface area (Å²) in [5.74, 6) is -1.21. The van der Waals surface area contributed by atoms with Crippen LogP contribution in [-0.4, -0.2) is 12.0 Å². The summed E-state index contributed by atoms with van der Waals surface area (Å²) in [5, 5.41) is 10.7. The van der Waals surface area contributed by atoms with Crippen LogP contribution in [0.4, 0.5) is 5.69 Å². The van der Waals surface area contributed by atoms with E-state index < -0.39 is 12.0 Å². The van der Waals surface area contributed by atoms with E-state index in [1.165, 1.54) is 23.4 Å². The first-order chi connectivity index (χ1) is 12.4. The topological polar surface area (TPSA) is 96.0 Å². The minimum atomic E-state index is -1.21. The zero-order valence-corrected chi connectivity index (χ0v) is 14.9. The monoisotopic (exact) mass is 349 g/mol. The molecule has 0 fully saturated rings. The number of hydrogen-bond donors (Lipinski definition) is 2. The van der Waals surface area contributed by atoms with Crippen LogP contribution >= 0.6 is 0 Å². The molecule has 0 bridgehead atoms. The number of nitrogens with zero attached hydrogens (tertiary/aromatic N) is 1. The standard InChI is InChI=1S/C18H16N2.C3H7NO2/c1-20-13-12-15(17-4-2-3-5-18(17)20)9-6-14-7-10-16(19)11-8-14;1-2(4)3(5)6/h2-13,19H,1H3;2H,4H2,1H3,(H,5,6)/t;2-/m.1/s1. The van der Waals surface area contributed by atoms with Crippen LogP contribution in [0.3, 0.4) is 0 Å². The Morgan fingerprint density at radius 1 is 1.08 bits per heavy atom. The van der Waals surface area contributed by atoms with Crippen molar-refractivity contribution in [3.8, 4) is 0 Å². The number of aliphatic carboxylic acids is 1. The van der Waals surface area contributed by atoms with Crippen molar-refractivity contribution in [2.45, 2.75) is 13.0 Å². The van der Waals surface area contributed by atoms with Crippen molar-refractivity contribution >= 4 is 34.7 Å². The van der Waals surface area contributed by atoms with Gasteiger partial charge in [0.25, 0.3) is 0 Å². The SMILES string of the molecule is C[C@@H](N)C(=O)[O-].C[n+]1ccc(C=Cc2ccc(N)cc2)c2ccccc21. The van der Waals surface area contributed by atoms with Crippen LogP contribution in [0.25, 0.3) is 23.1 Å². The molecule has 4 N–H and O–H groups in total. The highest BCUT2D eigenvalue weighted by Gasteiger charge is 2.06. The largest absolute Gasteiger partial charge is 0.548 e. The summed E-state index contributed by atoms with van der Waals surface area (Å²) >= 11 is 0. The Bertz CT molecular complexity index is 916. The van der Waals surface area contributed by atoms with Crippen LogP contribution in [-0.2, 0) is 11.8 Å². The molecular formula is C21H23N3O2. The highest BCUT2D eigenvalue weighted by atomic mass is 16.4. The maximum atomic E-state index is 9.46. The molecule has 5 heteroatoms. The Kier molecular flexibility index (Phi) is 6.47. The van der Waals surface area contributed by atoms with Gasteiger partial charge in [0.05, 0.1) is 11.4 Å². The van der Waals surface area contributed by atoms with E-state index in [2.05, 4.69) is 60.3 Å². The second-order valence-electron chi connectivity index (χ2n) is 6.01. The Hall–Kier alpha value is -3.18.